The summed E-state index contributed by atoms with van der Waals surface area (Å²) in [4.78, 5) is 21.5. The Labute approximate surface area is 139 Å². The number of aliphatic hydroxyl groups is 3. The van der Waals surface area contributed by atoms with Gasteiger partial charge in [0.15, 0.2) is 6.29 Å². The maximum absolute atomic E-state index is 11.2. The predicted molar refractivity (Wildman–Crippen MR) is 79.0 cm³/mol. The molecular weight excluding hydrogens is 326 g/mol. The summed E-state index contributed by atoms with van der Waals surface area (Å²) in [7, 11) is 0. The van der Waals surface area contributed by atoms with Gasteiger partial charge in [-0.25, -0.2) is 0 Å². The molecule has 140 valence electrons. The highest BCUT2D eigenvalue weighted by Crippen LogP contribution is 2.21. The fourth-order valence-electron chi connectivity index (χ4n) is 2.05. The number of amides is 1. The Morgan fingerprint density at radius 2 is 1.75 bits per heavy atom. The molecule has 0 bridgehead atoms. The molecule has 1 fully saturated rings. The van der Waals surface area contributed by atoms with Gasteiger partial charge >= 0.3 is 5.97 Å². The SMILES string of the molecule is C[C@@H]1O[C@@H](OCCOCCNC(=O)CCC(=O)O)[C@H](O)[C@H](O)[C@H]1O. The molecule has 0 aliphatic carbocycles. The van der Waals surface area contributed by atoms with Gasteiger partial charge in [0, 0.05) is 13.0 Å². The van der Waals surface area contributed by atoms with Gasteiger partial charge in [0.05, 0.1) is 32.3 Å². The third kappa shape index (κ3) is 7.07. The van der Waals surface area contributed by atoms with E-state index in [1.54, 1.807) is 6.92 Å². The Kier molecular flexibility index (Phi) is 9.11. The number of aliphatic hydroxyl groups excluding tert-OH is 3. The van der Waals surface area contributed by atoms with Gasteiger partial charge in [-0.15, -0.1) is 0 Å². The molecule has 5 N–H and O–H groups in total. The van der Waals surface area contributed by atoms with E-state index in [9.17, 15) is 24.9 Å². The largest absolute Gasteiger partial charge is 0.481 e. The zero-order valence-electron chi connectivity index (χ0n) is 13.5. The van der Waals surface area contributed by atoms with Crippen LogP contribution in [-0.4, -0.2) is 89.4 Å². The quantitative estimate of drug-likeness (QED) is 0.276. The lowest BCUT2D eigenvalue weighted by atomic mass is 10.0. The molecule has 24 heavy (non-hydrogen) atoms. The highest BCUT2D eigenvalue weighted by atomic mass is 16.7. The maximum Gasteiger partial charge on any atom is 0.303 e. The van der Waals surface area contributed by atoms with Crippen molar-refractivity contribution in [2.45, 2.75) is 50.5 Å². The second kappa shape index (κ2) is 10.5. The van der Waals surface area contributed by atoms with Crippen LogP contribution >= 0.6 is 0 Å². The molecule has 1 heterocycles. The fraction of sp³-hybridized carbons (Fsp3) is 0.857. The molecule has 0 saturated carbocycles. The van der Waals surface area contributed by atoms with Crippen molar-refractivity contribution in [2.24, 2.45) is 0 Å². The van der Waals surface area contributed by atoms with Crippen LogP contribution in [0.4, 0.5) is 0 Å². The molecule has 1 amide bonds. The third-order valence-electron chi connectivity index (χ3n) is 3.45. The summed E-state index contributed by atoms with van der Waals surface area (Å²) in [5.74, 6) is -1.39. The van der Waals surface area contributed by atoms with Crippen molar-refractivity contribution >= 4 is 11.9 Å². The molecule has 1 rings (SSSR count). The first-order valence-electron chi connectivity index (χ1n) is 7.70. The van der Waals surface area contributed by atoms with Crippen LogP contribution in [0.3, 0.4) is 0 Å². The molecule has 0 unspecified atom stereocenters. The lowest BCUT2D eigenvalue weighted by Gasteiger charge is -2.38. The van der Waals surface area contributed by atoms with E-state index in [0.717, 1.165) is 0 Å². The zero-order chi connectivity index (χ0) is 18.1. The number of carbonyl (C=O) groups excluding carboxylic acids is 1. The van der Waals surface area contributed by atoms with Crippen molar-refractivity contribution < 1.29 is 44.2 Å². The van der Waals surface area contributed by atoms with Crippen molar-refractivity contribution in [1.82, 2.24) is 5.32 Å². The molecule has 0 aromatic rings. The Hall–Kier alpha value is -1.30. The third-order valence-corrected chi connectivity index (χ3v) is 3.45. The van der Waals surface area contributed by atoms with Gasteiger partial charge in [-0.2, -0.15) is 0 Å². The minimum Gasteiger partial charge on any atom is -0.481 e. The second-order valence-electron chi connectivity index (χ2n) is 5.41. The number of hydrogen-bond acceptors (Lipinski definition) is 8. The van der Waals surface area contributed by atoms with E-state index in [4.69, 9.17) is 19.3 Å². The Morgan fingerprint density at radius 3 is 2.42 bits per heavy atom. The highest BCUT2D eigenvalue weighted by Gasteiger charge is 2.42. The van der Waals surface area contributed by atoms with Crippen LogP contribution in [0.5, 0.6) is 0 Å². The molecule has 0 radical (unpaired) electrons. The first-order valence-corrected chi connectivity index (χ1v) is 7.70. The molecule has 1 aliphatic rings. The molecule has 1 saturated heterocycles. The average molecular weight is 351 g/mol. The lowest BCUT2D eigenvalue weighted by Crippen LogP contribution is -2.57. The minimum atomic E-state index is -1.36. The molecule has 10 nitrogen and oxygen atoms in total. The summed E-state index contributed by atoms with van der Waals surface area (Å²) >= 11 is 0. The van der Waals surface area contributed by atoms with Crippen LogP contribution < -0.4 is 5.32 Å². The number of rotatable bonds is 10. The Bertz CT molecular complexity index is 406. The van der Waals surface area contributed by atoms with Gasteiger partial charge in [-0.3, -0.25) is 9.59 Å². The number of hydrogen-bond donors (Lipinski definition) is 5. The number of carboxylic acid groups (broad SMARTS) is 1. The fourth-order valence-corrected chi connectivity index (χ4v) is 2.05. The van der Waals surface area contributed by atoms with E-state index in [0.29, 0.717) is 0 Å². The van der Waals surface area contributed by atoms with Crippen LogP contribution in [0.1, 0.15) is 19.8 Å². The summed E-state index contributed by atoms with van der Waals surface area (Å²) in [5, 5.41) is 39.8. The van der Waals surface area contributed by atoms with E-state index in [1.165, 1.54) is 0 Å². The number of aliphatic carboxylic acids is 1. The minimum absolute atomic E-state index is 0.0816. The number of nitrogens with one attached hydrogen (secondary N) is 1. The van der Waals surface area contributed by atoms with Crippen molar-refractivity contribution in [1.29, 1.82) is 0 Å². The van der Waals surface area contributed by atoms with E-state index >= 15 is 0 Å². The van der Waals surface area contributed by atoms with Gasteiger partial charge in [0.1, 0.15) is 18.3 Å². The average Bonchev–Trinajstić information content (AvgIpc) is 2.54. The van der Waals surface area contributed by atoms with Crippen LogP contribution in [0.2, 0.25) is 0 Å². The van der Waals surface area contributed by atoms with Crippen molar-refractivity contribution in [2.75, 3.05) is 26.4 Å². The first-order chi connectivity index (χ1) is 11.3. The van der Waals surface area contributed by atoms with Gasteiger partial charge < -0.3 is 40.0 Å². The van der Waals surface area contributed by atoms with Crippen LogP contribution in [0, 0.1) is 0 Å². The summed E-state index contributed by atoms with van der Waals surface area (Å²) in [6, 6.07) is 0. The van der Waals surface area contributed by atoms with Crippen LogP contribution in [0.25, 0.3) is 0 Å². The van der Waals surface area contributed by atoms with Crippen molar-refractivity contribution in [3.63, 3.8) is 0 Å². The van der Waals surface area contributed by atoms with Crippen molar-refractivity contribution in [3.8, 4) is 0 Å². The molecule has 0 aromatic carbocycles. The molecule has 5 atom stereocenters. The highest BCUT2D eigenvalue weighted by molar-refractivity contribution is 5.80. The van der Waals surface area contributed by atoms with E-state index in [1.807, 2.05) is 0 Å². The zero-order valence-corrected chi connectivity index (χ0v) is 13.5. The first kappa shape index (κ1) is 20.7. The topological polar surface area (TPSA) is 155 Å². The molecule has 1 aliphatic heterocycles. The van der Waals surface area contributed by atoms with Gasteiger partial charge in [-0.1, -0.05) is 0 Å². The Morgan fingerprint density at radius 1 is 1.04 bits per heavy atom. The predicted octanol–water partition coefficient (Wildman–Crippen LogP) is -2.17. The number of carboxylic acids is 1. The second-order valence-corrected chi connectivity index (χ2v) is 5.41. The summed E-state index contributed by atoms with van der Waals surface area (Å²) in [5.41, 5.74) is 0. The summed E-state index contributed by atoms with van der Waals surface area (Å²) in [6.45, 7) is 2.27. The molecule has 0 spiro atoms. The van der Waals surface area contributed by atoms with Gasteiger partial charge in [0.2, 0.25) is 5.91 Å². The lowest BCUT2D eigenvalue weighted by molar-refractivity contribution is -0.294. The smallest absolute Gasteiger partial charge is 0.303 e. The van der Waals surface area contributed by atoms with E-state index in [-0.39, 0.29) is 45.1 Å². The monoisotopic (exact) mass is 351 g/mol. The Balaban J connectivity index is 2.06. The van der Waals surface area contributed by atoms with E-state index in [2.05, 4.69) is 5.32 Å². The van der Waals surface area contributed by atoms with Gasteiger partial charge in [0.25, 0.3) is 0 Å². The number of carbonyl (C=O) groups is 2. The van der Waals surface area contributed by atoms with Gasteiger partial charge in [-0.05, 0) is 6.92 Å². The van der Waals surface area contributed by atoms with Crippen molar-refractivity contribution in [3.05, 3.63) is 0 Å². The summed E-state index contributed by atoms with van der Waals surface area (Å²) < 4.78 is 15.7. The summed E-state index contributed by atoms with van der Waals surface area (Å²) in [6.07, 6.45) is -5.91. The molecular formula is C14H25NO9. The maximum atomic E-state index is 11.2. The normalized spacial score (nSPS) is 30.1. The molecule has 0 aromatic heterocycles. The van der Waals surface area contributed by atoms with Crippen LogP contribution in [-0.2, 0) is 23.8 Å². The van der Waals surface area contributed by atoms with Crippen LogP contribution in [0.15, 0.2) is 0 Å². The number of ether oxygens (including phenoxy) is 3. The molecule has 10 heteroatoms. The van der Waals surface area contributed by atoms with E-state index < -0.39 is 36.7 Å². The standard InChI is InChI=1S/C14H25NO9/c1-8-11(19)12(20)13(21)14(24-8)23-7-6-22-5-4-15-9(16)2-3-10(17)18/h8,11-14,19-21H,2-7H2,1H3,(H,15,16)(H,17,18)/t8-,11-,12+,13+,14+/m0/s1.